The molecule has 1 N–H and O–H groups in total. The van der Waals surface area contributed by atoms with Crippen molar-refractivity contribution in [2.24, 2.45) is 0 Å². The lowest BCUT2D eigenvalue weighted by Crippen LogP contribution is -2.47. The number of piperazine rings is 1. The molecular formula is C28H26ClF3N6O4. The standard InChI is InChI=1S/C28H26ClF3N6O4/c1-35(2)15-17-4-6-18(7-5-17)38-16-20(26(40)41)24(39)19-14-21(30)23(25(22(19)38)42-28(29,31)32)36-10-12-37(13-11-36)27-33-8-3-9-34-27/h3-9,14,16H,10-13,15H2,1-2H3,(H,40,41). The zero-order valence-electron chi connectivity index (χ0n) is 22.6. The summed E-state index contributed by atoms with van der Waals surface area (Å²) in [6.07, 6.45) is 4.19. The summed E-state index contributed by atoms with van der Waals surface area (Å²) in [4.78, 5) is 38.9. The summed E-state index contributed by atoms with van der Waals surface area (Å²) < 4.78 is 50.6. The maximum Gasteiger partial charge on any atom is 0.487 e. The van der Waals surface area contributed by atoms with Gasteiger partial charge in [-0.1, -0.05) is 12.1 Å². The smallest absolute Gasteiger partial charge is 0.477 e. The van der Waals surface area contributed by atoms with Crippen LogP contribution in [0.25, 0.3) is 16.6 Å². The van der Waals surface area contributed by atoms with Gasteiger partial charge in [-0.25, -0.2) is 19.2 Å². The van der Waals surface area contributed by atoms with Crippen LogP contribution >= 0.6 is 11.6 Å². The topological polar surface area (TPSA) is 104 Å². The summed E-state index contributed by atoms with van der Waals surface area (Å²) in [7, 11) is 3.78. The second-order valence-corrected chi connectivity index (χ2v) is 10.4. The second-order valence-electron chi connectivity index (χ2n) is 9.95. The Morgan fingerprint density at radius 1 is 1.10 bits per heavy atom. The van der Waals surface area contributed by atoms with Crippen LogP contribution in [0, 0.1) is 5.82 Å². The second kappa shape index (κ2) is 11.5. The number of ether oxygens (including phenoxy) is 1. The summed E-state index contributed by atoms with van der Waals surface area (Å²) in [6.45, 7) is 1.60. The van der Waals surface area contributed by atoms with Gasteiger partial charge in [-0.05, 0) is 43.9 Å². The highest BCUT2D eigenvalue weighted by Gasteiger charge is 2.35. The Hall–Kier alpha value is -4.36. The van der Waals surface area contributed by atoms with Crippen LogP contribution in [0.5, 0.6) is 5.75 Å². The molecule has 42 heavy (non-hydrogen) atoms. The number of benzene rings is 2. The molecule has 0 aliphatic carbocycles. The minimum atomic E-state index is -4.28. The van der Waals surface area contributed by atoms with E-state index < -0.39 is 39.5 Å². The zero-order valence-corrected chi connectivity index (χ0v) is 23.4. The van der Waals surface area contributed by atoms with Crippen LogP contribution in [0.2, 0.25) is 0 Å². The van der Waals surface area contributed by atoms with Crippen molar-refractivity contribution in [3.05, 3.63) is 82.2 Å². The van der Waals surface area contributed by atoms with Crippen molar-refractivity contribution in [2.45, 2.75) is 12.1 Å². The maximum atomic E-state index is 15.8. The lowest BCUT2D eigenvalue weighted by Gasteiger charge is -2.37. The number of anilines is 2. The van der Waals surface area contributed by atoms with E-state index in [-0.39, 0.29) is 24.3 Å². The number of aromatic carboxylic acids is 1. The monoisotopic (exact) mass is 602 g/mol. The molecule has 2 aromatic heterocycles. The summed E-state index contributed by atoms with van der Waals surface area (Å²) in [5.41, 5.74) is -5.35. The van der Waals surface area contributed by atoms with E-state index in [1.807, 2.05) is 23.9 Å². The van der Waals surface area contributed by atoms with Gasteiger partial charge in [-0.15, -0.1) is 8.78 Å². The molecule has 220 valence electrons. The third-order valence-electron chi connectivity index (χ3n) is 6.76. The first-order chi connectivity index (χ1) is 19.9. The number of nitrogens with zero attached hydrogens (tertiary/aromatic N) is 6. The van der Waals surface area contributed by atoms with Crippen LogP contribution in [0.4, 0.5) is 24.8 Å². The van der Waals surface area contributed by atoms with E-state index in [4.69, 9.17) is 16.3 Å². The molecule has 0 unspecified atom stereocenters. The van der Waals surface area contributed by atoms with E-state index in [9.17, 15) is 23.5 Å². The van der Waals surface area contributed by atoms with E-state index in [0.717, 1.165) is 17.8 Å². The number of hydrogen-bond donors (Lipinski definition) is 1. The van der Waals surface area contributed by atoms with Gasteiger partial charge in [0.2, 0.25) is 11.4 Å². The lowest BCUT2D eigenvalue weighted by atomic mass is 10.1. The number of rotatable bonds is 8. The normalized spacial score (nSPS) is 14.1. The summed E-state index contributed by atoms with van der Waals surface area (Å²) in [5.74, 6) is -2.84. The minimum absolute atomic E-state index is 0.168. The highest BCUT2D eigenvalue weighted by molar-refractivity contribution is 6.21. The Morgan fingerprint density at radius 2 is 1.71 bits per heavy atom. The first-order valence-corrected chi connectivity index (χ1v) is 13.2. The number of carboxylic acid groups (broad SMARTS) is 1. The minimum Gasteiger partial charge on any atom is -0.477 e. The van der Waals surface area contributed by atoms with E-state index in [1.54, 1.807) is 42.7 Å². The third-order valence-corrected chi connectivity index (χ3v) is 6.84. The Bertz CT molecular complexity index is 1670. The van der Waals surface area contributed by atoms with Crippen molar-refractivity contribution < 1.29 is 27.8 Å². The number of halogens is 4. The largest absolute Gasteiger partial charge is 0.487 e. The van der Waals surface area contributed by atoms with Crippen LogP contribution in [-0.2, 0) is 6.54 Å². The van der Waals surface area contributed by atoms with Crippen molar-refractivity contribution in [1.82, 2.24) is 19.4 Å². The van der Waals surface area contributed by atoms with Gasteiger partial charge in [0.1, 0.15) is 16.8 Å². The summed E-state index contributed by atoms with van der Waals surface area (Å²) >= 11 is 5.22. The fourth-order valence-corrected chi connectivity index (χ4v) is 5.07. The molecule has 1 aliphatic rings. The molecule has 4 aromatic rings. The number of fused-ring (bicyclic) bond motifs is 1. The molecule has 2 aromatic carbocycles. The molecule has 1 fully saturated rings. The molecule has 14 heteroatoms. The number of pyridine rings is 1. The molecule has 10 nitrogen and oxygen atoms in total. The van der Waals surface area contributed by atoms with E-state index in [2.05, 4.69) is 9.97 Å². The number of aromatic nitrogens is 3. The van der Waals surface area contributed by atoms with Crippen LogP contribution in [0.15, 0.2) is 59.8 Å². The number of hydrogen-bond acceptors (Lipinski definition) is 8. The fourth-order valence-electron chi connectivity index (χ4n) is 4.99. The molecule has 1 saturated heterocycles. The number of carbonyl (C=O) groups is 1. The predicted octanol–water partition coefficient (Wildman–Crippen LogP) is 4.17. The summed E-state index contributed by atoms with van der Waals surface area (Å²) in [6, 6.07) is 9.34. The van der Waals surface area contributed by atoms with Crippen molar-refractivity contribution in [3.63, 3.8) is 0 Å². The molecule has 5 rings (SSSR count). The van der Waals surface area contributed by atoms with Crippen LogP contribution < -0.4 is 20.0 Å². The highest BCUT2D eigenvalue weighted by Crippen LogP contribution is 2.42. The molecule has 0 amide bonds. The van der Waals surface area contributed by atoms with Gasteiger partial charge in [-0.3, -0.25) is 4.79 Å². The van der Waals surface area contributed by atoms with Crippen LogP contribution in [0.3, 0.4) is 0 Å². The third kappa shape index (κ3) is 5.97. The van der Waals surface area contributed by atoms with Gasteiger partial charge in [0.25, 0.3) is 0 Å². The Labute approximate surface area is 243 Å². The van der Waals surface area contributed by atoms with E-state index in [1.165, 1.54) is 9.47 Å². The highest BCUT2D eigenvalue weighted by atomic mass is 35.5. The molecule has 0 bridgehead atoms. The average Bonchev–Trinajstić information content (AvgIpc) is 2.93. The molecule has 3 heterocycles. The first-order valence-electron chi connectivity index (χ1n) is 12.8. The molecular weight excluding hydrogens is 577 g/mol. The fraction of sp³-hybridized carbons (Fsp3) is 0.286. The first kappa shape index (κ1) is 29.1. The molecule has 0 atom stereocenters. The Kier molecular flexibility index (Phi) is 7.97. The van der Waals surface area contributed by atoms with Crippen molar-refractivity contribution >= 4 is 40.1 Å². The van der Waals surface area contributed by atoms with E-state index in [0.29, 0.717) is 31.3 Å². The molecule has 0 saturated carbocycles. The van der Waals surface area contributed by atoms with Crippen molar-refractivity contribution in [1.29, 1.82) is 0 Å². The van der Waals surface area contributed by atoms with Gasteiger partial charge >= 0.3 is 11.5 Å². The zero-order chi connectivity index (χ0) is 30.2. The summed E-state index contributed by atoms with van der Waals surface area (Å²) in [5, 5.41) is 9.28. The van der Waals surface area contributed by atoms with Crippen molar-refractivity contribution in [3.8, 4) is 11.4 Å². The Balaban J connectivity index is 1.70. The Morgan fingerprint density at radius 3 is 2.29 bits per heavy atom. The quantitative estimate of drug-likeness (QED) is 0.298. The molecule has 0 radical (unpaired) electrons. The SMILES string of the molecule is CN(C)Cc1ccc(-n2cc(C(=O)O)c(=O)c3cc(F)c(N4CCN(c5ncccn5)CC4)c(OC(F)(F)Cl)c32)cc1. The van der Waals surface area contributed by atoms with Crippen LogP contribution in [-0.4, -0.2) is 76.4 Å². The van der Waals surface area contributed by atoms with Gasteiger partial charge in [0, 0.05) is 68.6 Å². The van der Waals surface area contributed by atoms with Gasteiger partial charge < -0.3 is 29.1 Å². The van der Waals surface area contributed by atoms with Gasteiger partial charge in [0.15, 0.2) is 11.6 Å². The maximum absolute atomic E-state index is 15.8. The van der Waals surface area contributed by atoms with Crippen molar-refractivity contribution in [2.75, 3.05) is 50.1 Å². The predicted molar refractivity (Wildman–Crippen MR) is 152 cm³/mol. The lowest BCUT2D eigenvalue weighted by molar-refractivity contribution is -0.0955. The molecule has 0 spiro atoms. The molecule has 1 aliphatic heterocycles. The average molecular weight is 603 g/mol. The van der Waals surface area contributed by atoms with Gasteiger partial charge in [0.05, 0.1) is 5.39 Å². The van der Waals surface area contributed by atoms with Gasteiger partial charge in [-0.2, -0.15) is 0 Å². The number of alkyl halides is 3. The number of carboxylic acids is 1. The van der Waals surface area contributed by atoms with Crippen LogP contribution in [0.1, 0.15) is 15.9 Å². The van der Waals surface area contributed by atoms with E-state index >= 15 is 4.39 Å².